The SMILES string of the molecule is CCOCc1ccccc1NC(=O)CCSc1nnnn1C. The van der Waals surface area contributed by atoms with Crippen molar-refractivity contribution < 1.29 is 9.53 Å². The van der Waals surface area contributed by atoms with E-state index in [4.69, 9.17) is 4.74 Å². The van der Waals surface area contributed by atoms with Gasteiger partial charge < -0.3 is 10.1 Å². The zero-order valence-corrected chi connectivity index (χ0v) is 13.5. The number of para-hydroxylation sites is 1. The van der Waals surface area contributed by atoms with Crippen LogP contribution in [0.1, 0.15) is 18.9 Å². The summed E-state index contributed by atoms with van der Waals surface area (Å²) in [6, 6.07) is 7.66. The van der Waals surface area contributed by atoms with E-state index in [1.165, 1.54) is 11.8 Å². The van der Waals surface area contributed by atoms with Crippen LogP contribution in [0.25, 0.3) is 0 Å². The molecule has 0 saturated heterocycles. The molecule has 2 rings (SSSR count). The van der Waals surface area contributed by atoms with Crippen LogP contribution in [0.4, 0.5) is 5.69 Å². The first-order chi connectivity index (χ1) is 10.7. The molecular formula is C14H19N5O2S. The second-order valence-corrected chi connectivity index (χ2v) is 5.59. The molecule has 2 aromatic rings. The number of nitrogens with one attached hydrogen (secondary N) is 1. The van der Waals surface area contributed by atoms with Crippen LogP contribution in [0.5, 0.6) is 0 Å². The van der Waals surface area contributed by atoms with Crippen LogP contribution in [-0.2, 0) is 23.2 Å². The lowest BCUT2D eigenvalue weighted by Crippen LogP contribution is -2.14. The maximum absolute atomic E-state index is 12.0. The van der Waals surface area contributed by atoms with Gasteiger partial charge in [0.05, 0.1) is 6.61 Å². The first-order valence-corrected chi connectivity index (χ1v) is 8.00. The highest BCUT2D eigenvalue weighted by Crippen LogP contribution is 2.18. The van der Waals surface area contributed by atoms with Crippen molar-refractivity contribution in [3.05, 3.63) is 29.8 Å². The number of amides is 1. The van der Waals surface area contributed by atoms with E-state index in [9.17, 15) is 4.79 Å². The Balaban J connectivity index is 1.83. The maximum Gasteiger partial charge on any atom is 0.225 e. The largest absolute Gasteiger partial charge is 0.377 e. The molecule has 0 atom stereocenters. The second-order valence-electron chi connectivity index (χ2n) is 4.53. The van der Waals surface area contributed by atoms with E-state index < -0.39 is 0 Å². The standard InChI is InChI=1S/C14H19N5O2S/c1-3-21-10-11-6-4-5-7-12(11)15-13(20)8-9-22-14-16-17-18-19(14)2/h4-7H,3,8-10H2,1-2H3,(H,15,20). The van der Waals surface area contributed by atoms with Gasteiger partial charge in [0.15, 0.2) is 0 Å². The number of aryl methyl sites for hydroxylation is 1. The van der Waals surface area contributed by atoms with Crippen LogP contribution in [0.3, 0.4) is 0 Å². The Bertz CT molecular complexity index is 617. The van der Waals surface area contributed by atoms with Gasteiger partial charge in [-0.3, -0.25) is 4.79 Å². The van der Waals surface area contributed by atoms with E-state index in [0.29, 0.717) is 30.5 Å². The molecule has 0 fully saturated rings. The van der Waals surface area contributed by atoms with Crippen molar-refractivity contribution in [2.45, 2.75) is 25.1 Å². The van der Waals surface area contributed by atoms with Crippen molar-refractivity contribution in [3.63, 3.8) is 0 Å². The van der Waals surface area contributed by atoms with Crippen molar-refractivity contribution in [1.29, 1.82) is 0 Å². The Morgan fingerprint density at radius 3 is 2.95 bits per heavy atom. The average molecular weight is 321 g/mol. The molecule has 1 aromatic heterocycles. The number of aromatic nitrogens is 4. The Hall–Kier alpha value is -1.93. The predicted molar refractivity (Wildman–Crippen MR) is 84.5 cm³/mol. The third-order valence-corrected chi connectivity index (χ3v) is 3.91. The molecule has 0 bridgehead atoms. The second kappa shape index (κ2) is 8.50. The molecule has 0 spiro atoms. The highest BCUT2D eigenvalue weighted by Gasteiger charge is 2.08. The normalized spacial score (nSPS) is 10.6. The topological polar surface area (TPSA) is 81.9 Å². The fourth-order valence-corrected chi connectivity index (χ4v) is 2.56. The Morgan fingerprint density at radius 2 is 2.23 bits per heavy atom. The summed E-state index contributed by atoms with van der Waals surface area (Å²) in [7, 11) is 1.77. The fraction of sp³-hybridized carbons (Fsp3) is 0.429. The van der Waals surface area contributed by atoms with Crippen LogP contribution in [0.15, 0.2) is 29.4 Å². The Kier molecular flexibility index (Phi) is 6.35. The van der Waals surface area contributed by atoms with Gasteiger partial charge in [0.1, 0.15) is 0 Å². The highest BCUT2D eigenvalue weighted by atomic mass is 32.2. The summed E-state index contributed by atoms with van der Waals surface area (Å²) in [6.45, 7) is 3.08. The molecule has 0 aliphatic heterocycles. The van der Waals surface area contributed by atoms with Gasteiger partial charge in [-0.05, 0) is 23.4 Å². The van der Waals surface area contributed by atoms with Crippen molar-refractivity contribution >= 4 is 23.4 Å². The van der Waals surface area contributed by atoms with Crippen molar-refractivity contribution in [2.24, 2.45) is 7.05 Å². The van der Waals surface area contributed by atoms with E-state index in [-0.39, 0.29) is 5.91 Å². The first-order valence-electron chi connectivity index (χ1n) is 7.01. The summed E-state index contributed by atoms with van der Waals surface area (Å²) in [5.41, 5.74) is 1.77. The van der Waals surface area contributed by atoms with Crippen molar-refractivity contribution in [2.75, 3.05) is 17.7 Å². The number of benzene rings is 1. The number of tetrazole rings is 1. The fourth-order valence-electron chi connectivity index (χ4n) is 1.77. The molecule has 22 heavy (non-hydrogen) atoms. The number of carbonyl (C=O) groups is 1. The van der Waals surface area contributed by atoms with Crippen LogP contribution in [-0.4, -0.2) is 38.5 Å². The lowest BCUT2D eigenvalue weighted by atomic mass is 10.2. The summed E-state index contributed by atoms with van der Waals surface area (Å²) >= 11 is 1.45. The molecule has 1 heterocycles. The lowest BCUT2D eigenvalue weighted by molar-refractivity contribution is -0.115. The molecule has 0 aliphatic carbocycles. The number of ether oxygens (including phenoxy) is 1. The molecule has 1 aromatic carbocycles. The Labute approximate surface area is 133 Å². The number of nitrogens with zero attached hydrogens (tertiary/aromatic N) is 4. The zero-order chi connectivity index (χ0) is 15.8. The summed E-state index contributed by atoms with van der Waals surface area (Å²) in [5.74, 6) is 0.583. The summed E-state index contributed by atoms with van der Waals surface area (Å²) in [5, 5.41) is 14.8. The highest BCUT2D eigenvalue weighted by molar-refractivity contribution is 7.99. The molecule has 118 valence electrons. The number of thioether (sulfide) groups is 1. The number of anilines is 1. The number of hydrogen-bond donors (Lipinski definition) is 1. The quantitative estimate of drug-likeness (QED) is 0.748. The van der Waals surface area contributed by atoms with Crippen LogP contribution in [0.2, 0.25) is 0 Å². The third kappa shape index (κ3) is 4.81. The molecule has 8 heteroatoms. The molecule has 1 amide bonds. The lowest BCUT2D eigenvalue weighted by Gasteiger charge is -2.10. The number of hydrogen-bond acceptors (Lipinski definition) is 6. The van der Waals surface area contributed by atoms with E-state index in [1.807, 2.05) is 31.2 Å². The van der Waals surface area contributed by atoms with Gasteiger partial charge in [0.25, 0.3) is 0 Å². The average Bonchev–Trinajstić information content (AvgIpc) is 2.92. The maximum atomic E-state index is 12.0. The van der Waals surface area contributed by atoms with E-state index >= 15 is 0 Å². The first kappa shape index (κ1) is 16.4. The number of carbonyl (C=O) groups excluding carboxylic acids is 1. The molecule has 0 saturated carbocycles. The predicted octanol–water partition coefficient (Wildman–Crippen LogP) is 1.87. The zero-order valence-electron chi connectivity index (χ0n) is 12.7. The van der Waals surface area contributed by atoms with Gasteiger partial charge in [-0.2, -0.15) is 0 Å². The third-order valence-electron chi connectivity index (χ3n) is 2.89. The molecule has 0 aliphatic rings. The number of rotatable bonds is 8. The molecular weight excluding hydrogens is 302 g/mol. The van der Waals surface area contributed by atoms with Crippen molar-refractivity contribution in [1.82, 2.24) is 20.2 Å². The summed E-state index contributed by atoms with van der Waals surface area (Å²) in [6.07, 6.45) is 0.389. The van der Waals surface area contributed by atoms with Crippen molar-refractivity contribution in [3.8, 4) is 0 Å². The van der Waals surface area contributed by atoms with Gasteiger partial charge in [0.2, 0.25) is 11.1 Å². The summed E-state index contributed by atoms with van der Waals surface area (Å²) < 4.78 is 6.99. The Morgan fingerprint density at radius 1 is 1.41 bits per heavy atom. The smallest absolute Gasteiger partial charge is 0.225 e. The van der Waals surface area contributed by atoms with E-state index in [2.05, 4.69) is 20.8 Å². The van der Waals surface area contributed by atoms with Crippen LogP contribution >= 0.6 is 11.8 Å². The molecule has 0 radical (unpaired) electrons. The van der Waals surface area contributed by atoms with E-state index in [1.54, 1.807) is 11.7 Å². The van der Waals surface area contributed by atoms with Crippen LogP contribution in [0, 0.1) is 0 Å². The van der Waals surface area contributed by atoms with Crippen LogP contribution < -0.4 is 5.32 Å². The van der Waals surface area contributed by atoms with E-state index in [0.717, 1.165) is 11.3 Å². The van der Waals surface area contributed by atoms with Gasteiger partial charge in [-0.25, -0.2) is 4.68 Å². The molecule has 7 nitrogen and oxygen atoms in total. The monoisotopic (exact) mass is 321 g/mol. The van der Waals surface area contributed by atoms with Gasteiger partial charge >= 0.3 is 0 Å². The van der Waals surface area contributed by atoms with Gasteiger partial charge in [-0.1, -0.05) is 30.0 Å². The minimum atomic E-state index is -0.0356. The van der Waals surface area contributed by atoms with Gasteiger partial charge in [0, 0.05) is 37.1 Å². The minimum absolute atomic E-state index is 0.0356. The summed E-state index contributed by atoms with van der Waals surface area (Å²) in [4.78, 5) is 12.0. The van der Waals surface area contributed by atoms with Gasteiger partial charge in [-0.15, -0.1) is 5.10 Å². The molecule has 1 N–H and O–H groups in total. The molecule has 0 unspecified atom stereocenters. The minimum Gasteiger partial charge on any atom is -0.377 e.